The molecule has 0 saturated heterocycles. The fraction of sp³-hybridized carbons (Fsp3) is 0.235. The molecule has 1 aromatic heterocycles. The summed E-state index contributed by atoms with van der Waals surface area (Å²) in [6.07, 6.45) is 5.33. The molecule has 1 heteroatoms. The zero-order valence-corrected chi connectivity index (χ0v) is 11.1. The number of hydrogen-bond acceptors (Lipinski definition) is 1. The smallest absolute Gasteiger partial charge is 0.0358 e. The van der Waals surface area contributed by atoms with Crippen molar-refractivity contribution in [3.8, 4) is 0 Å². The lowest BCUT2D eigenvalue weighted by molar-refractivity contribution is 0.886. The summed E-state index contributed by atoms with van der Waals surface area (Å²) < 4.78 is 2.85. The standard InChI is InChI=1S/C17H15S/c1-2-7-12(6-1)13-9-5-11-16-17(13)14-8-3-4-10-15(14)18-16/h3-5,8-11H,1-2,6-7H2. The van der Waals surface area contributed by atoms with Crippen LogP contribution in [-0.2, 0) is 0 Å². The molecule has 1 fully saturated rings. The SMILES string of the molecule is c1ccc2c(c1)sc1cccc([C]3CCCC3)c12. The van der Waals surface area contributed by atoms with Gasteiger partial charge in [0.25, 0.3) is 0 Å². The van der Waals surface area contributed by atoms with Crippen LogP contribution >= 0.6 is 11.3 Å². The number of fused-ring (bicyclic) bond motifs is 3. The summed E-state index contributed by atoms with van der Waals surface area (Å²) >= 11 is 1.92. The Morgan fingerprint density at radius 2 is 1.56 bits per heavy atom. The molecule has 0 amide bonds. The molecule has 0 spiro atoms. The first kappa shape index (κ1) is 10.6. The molecule has 1 saturated carbocycles. The zero-order valence-electron chi connectivity index (χ0n) is 10.3. The fourth-order valence-electron chi connectivity index (χ4n) is 3.14. The molecule has 1 radical (unpaired) electrons. The maximum atomic E-state index is 2.32. The summed E-state index contributed by atoms with van der Waals surface area (Å²) in [5, 5.41) is 2.93. The lowest BCUT2D eigenvalue weighted by Crippen LogP contribution is -1.93. The minimum Gasteiger partial charge on any atom is -0.135 e. The first-order chi connectivity index (χ1) is 8.93. The molecule has 0 nitrogen and oxygen atoms in total. The van der Waals surface area contributed by atoms with E-state index in [1.165, 1.54) is 51.4 Å². The third-order valence-corrected chi connectivity index (χ3v) is 5.13. The van der Waals surface area contributed by atoms with Crippen molar-refractivity contribution < 1.29 is 0 Å². The molecular formula is C17H15S. The van der Waals surface area contributed by atoms with Crippen molar-refractivity contribution >= 4 is 31.5 Å². The molecule has 0 bridgehead atoms. The van der Waals surface area contributed by atoms with Crippen LogP contribution in [0.2, 0.25) is 0 Å². The molecule has 0 atom stereocenters. The van der Waals surface area contributed by atoms with Crippen LogP contribution in [0.15, 0.2) is 42.5 Å². The van der Waals surface area contributed by atoms with Gasteiger partial charge in [-0.15, -0.1) is 11.3 Å². The highest BCUT2D eigenvalue weighted by Gasteiger charge is 2.21. The fourth-order valence-corrected chi connectivity index (χ4v) is 4.27. The number of benzene rings is 2. The van der Waals surface area contributed by atoms with Crippen molar-refractivity contribution in [2.45, 2.75) is 25.7 Å². The van der Waals surface area contributed by atoms with Gasteiger partial charge < -0.3 is 0 Å². The summed E-state index contributed by atoms with van der Waals surface area (Å²) in [6.45, 7) is 0. The van der Waals surface area contributed by atoms with Crippen LogP contribution in [0.4, 0.5) is 0 Å². The monoisotopic (exact) mass is 251 g/mol. The van der Waals surface area contributed by atoms with Crippen molar-refractivity contribution in [3.63, 3.8) is 0 Å². The minimum atomic E-state index is 1.29. The van der Waals surface area contributed by atoms with Crippen LogP contribution in [0.3, 0.4) is 0 Å². The normalized spacial score (nSPS) is 16.9. The second kappa shape index (κ2) is 4.10. The van der Waals surface area contributed by atoms with Crippen molar-refractivity contribution in [2.75, 3.05) is 0 Å². The van der Waals surface area contributed by atoms with Gasteiger partial charge in [-0.1, -0.05) is 43.2 Å². The van der Waals surface area contributed by atoms with Crippen LogP contribution in [0, 0.1) is 5.92 Å². The van der Waals surface area contributed by atoms with Crippen LogP contribution in [-0.4, -0.2) is 0 Å². The second-order valence-corrected chi connectivity index (χ2v) is 6.17. The van der Waals surface area contributed by atoms with Gasteiger partial charge >= 0.3 is 0 Å². The van der Waals surface area contributed by atoms with Crippen LogP contribution < -0.4 is 0 Å². The van der Waals surface area contributed by atoms with Crippen molar-refractivity contribution in [2.24, 2.45) is 0 Å². The Bertz CT molecular complexity index is 702. The highest BCUT2D eigenvalue weighted by molar-refractivity contribution is 7.25. The summed E-state index contributed by atoms with van der Waals surface area (Å²) in [7, 11) is 0. The molecule has 3 aromatic rings. The second-order valence-electron chi connectivity index (χ2n) is 5.09. The van der Waals surface area contributed by atoms with Gasteiger partial charge in [-0.25, -0.2) is 0 Å². The molecule has 89 valence electrons. The molecule has 4 rings (SSSR count). The van der Waals surface area contributed by atoms with Gasteiger partial charge in [-0.05, 0) is 30.5 Å². The molecule has 0 N–H and O–H groups in total. The Kier molecular flexibility index (Phi) is 2.41. The average Bonchev–Trinajstić information content (AvgIpc) is 3.05. The lowest BCUT2D eigenvalue weighted by Gasteiger charge is -2.10. The molecule has 2 aromatic carbocycles. The van der Waals surface area contributed by atoms with E-state index in [9.17, 15) is 0 Å². The summed E-state index contributed by atoms with van der Waals surface area (Å²) in [5.74, 6) is 1.67. The van der Waals surface area contributed by atoms with Crippen LogP contribution in [0.25, 0.3) is 20.2 Å². The minimum absolute atomic E-state index is 1.29. The van der Waals surface area contributed by atoms with Gasteiger partial charge in [-0.3, -0.25) is 0 Å². The van der Waals surface area contributed by atoms with E-state index in [2.05, 4.69) is 42.5 Å². The van der Waals surface area contributed by atoms with Crippen LogP contribution in [0.5, 0.6) is 0 Å². The average molecular weight is 251 g/mol. The van der Waals surface area contributed by atoms with Gasteiger partial charge in [0.1, 0.15) is 0 Å². The molecule has 0 unspecified atom stereocenters. The lowest BCUT2D eigenvalue weighted by atomic mass is 9.93. The Balaban J connectivity index is 2.06. The zero-order chi connectivity index (χ0) is 11.9. The Morgan fingerprint density at radius 1 is 0.778 bits per heavy atom. The third-order valence-electron chi connectivity index (χ3n) is 3.99. The number of thiophene rings is 1. The Morgan fingerprint density at radius 3 is 2.44 bits per heavy atom. The van der Waals surface area contributed by atoms with Crippen molar-refractivity contribution in [1.82, 2.24) is 0 Å². The molecule has 1 aliphatic rings. The topological polar surface area (TPSA) is 0 Å². The first-order valence-corrected chi connectivity index (χ1v) is 7.50. The molecule has 18 heavy (non-hydrogen) atoms. The Labute approximate surface area is 111 Å². The van der Waals surface area contributed by atoms with Crippen LogP contribution in [0.1, 0.15) is 31.2 Å². The number of hydrogen-bond donors (Lipinski definition) is 0. The van der Waals surface area contributed by atoms with Gasteiger partial charge in [0, 0.05) is 26.1 Å². The van der Waals surface area contributed by atoms with E-state index in [-0.39, 0.29) is 0 Å². The summed E-state index contributed by atoms with van der Waals surface area (Å²) in [5.41, 5.74) is 1.52. The van der Waals surface area contributed by atoms with E-state index in [1.54, 1.807) is 5.92 Å². The van der Waals surface area contributed by atoms with Gasteiger partial charge in [0.15, 0.2) is 0 Å². The molecular weight excluding hydrogens is 236 g/mol. The quantitative estimate of drug-likeness (QED) is 0.532. The molecule has 0 aliphatic heterocycles. The largest absolute Gasteiger partial charge is 0.135 e. The maximum absolute atomic E-state index is 2.32. The third kappa shape index (κ3) is 1.50. The highest BCUT2D eigenvalue weighted by atomic mass is 32.1. The van der Waals surface area contributed by atoms with Gasteiger partial charge in [-0.2, -0.15) is 0 Å². The van der Waals surface area contributed by atoms with E-state index < -0.39 is 0 Å². The predicted octanol–water partition coefficient (Wildman–Crippen LogP) is 5.55. The van der Waals surface area contributed by atoms with Crippen molar-refractivity contribution in [3.05, 3.63) is 53.9 Å². The van der Waals surface area contributed by atoms with Gasteiger partial charge in [0.2, 0.25) is 0 Å². The number of rotatable bonds is 1. The summed E-state index contributed by atoms with van der Waals surface area (Å²) in [4.78, 5) is 0. The van der Waals surface area contributed by atoms with E-state index in [0.717, 1.165) is 0 Å². The van der Waals surface area contributed by atoms with Gasteiger partial charge in [0.05, 0.1) is 0 Å². The molecule has 1 heterocycles. The van der Waals surface area contributed by atoms with Crippen molar-refractivity contribution in [1.29, 1.82) is 0 Å². The van der Waals surface area contributed by atoms with E-state index >= 15 is 0 Å². The van der Waals surface area contributed by atoms with E-state index in [4.69, 9.17) is 0 Å². The van der Waals surface area contributed by atoms with E-state index in [0.29, 0.717) is 0 Å². The predicted molar refractivity (Wildman–Crippen MR) is 80.1 cm³/mol. The van der Waals surface area contributed by atoms with E-state index in [1.807, 2.05) is 11.3 Å². The molecule has 1 aliphatic carbocycles. The maximum Gasteiger partial charge on any atom is 0.0358 e. The summed E-state index contributed by atoms with van der Waals surface area (Å²) in [6, 6.07) is 15.6. The highest BCUT2D eigenvalue weighted by Crippen LogP contribution is 2.42. The first-order valence-electron chi connectivity index (χ1n) is 6.69. The Hall–Kier alpha value is -1.34.